The third-order valence-corrected chi connectivity index (χ3v) is 4.42. The van der Waals surface area contributed by atoms with Crippen LogP contribution in [-0.2, 0) is 4.79 Å². The summed E-state index contributed by atoms with van der Waals surface area (Å²) in [5.74, 6) is 0.457. The summed E-state index contributed by atoms with van der Waals surface area (Å²) in [6.07, 6.45) is 3.97. The van der Waals surface area contributed by atoms with E-state index in [0.29, 0.717) is 18.0 Å². The zero-order valence-corrected chi connectivity index (χ0v) is 13.9. The van der Waals surface area contributed by atoms with Gasteiger partial charge >= 0.3 is 0 Å². The lowest BCUT2D eigenvalue weighted by atomic mass is 9.77. The van der Waals surface area contributed by atoms with E-state index in [1.165, 1.54) is 6.42 Å². The highest BCUT2D eigenvalue weighted by Crippen LogP contribution is 2.32. The first-order chi connectivity index (χ1) is 9.32. The van der Waals surface area contributed by atoms with E-state index in [1.54, 1.807) is 0 Å². The molecule has 0 aromatic rings. The third-order valence-electron chi connectivity index (χ3n) is 4.42. The number of hydrogen-bond donors (Lipinski definition) is 2. The van der Waals surface area contributed by atoms with Crippen LogP contribution >= 0.6 is 0 Å². The molecule has 4 nitrogen and oxygen atoms in total. The standard InChI is InChI=1S/C16H33N3O/c1-6-18-16(15(17)20)9-7-8-14(10-16)19(13(4)5)11-12(2)3/h12-14,18H,6-11H2,1-5H3,(H2,17,20). The van der Waals surface area contributed by atoms with E-state index >= 15 is 0 Å². The number of amides is 1. The summed E-state index contributed by atoms with van der Waals surface area (Å²) < 4.78 is 0. The molecule has 118 valence electrons. The first kappa shape index (κ1) is 17.4. The van der Waals surface area contributed by atoms with Crippen LogP contribution in [0, 0.1) is 5.92 Å². The van der Waals surface area contributed by atoms with Crippen molar-refractivity contribution in [2.24, 2.45) is 11.7 Å². The van der Waals surface area contributed by atoms with Crippen LogP contribution in [0.3, 0.4) is 0 Å². The van der Waals surface area contributed by atoms with Crippen molar-refractivity contribution in [2.75, 3.05) is 13.1 Å². The SMILES string of the molecule is CCNC1(C(N)=O)CCCC(N(CC(C)C)C(C)C)C1. The summed E-state index contributed by atoms with van der Waals surface area (Å²) in [6, 6.07) is 0.963. The summed E-state index contributed by atoms with van der Waals surface area (Å²) in [5.41, 5.74) is 5.21. The average Bonchev–Trinajstić information content (AvgIpc) is 2.36. The third kappa shape index (κ3) is 4.19. The van der Waals surface area contributed by atoms with Crippen LogP contribution in [0.4, 0.5) is 0 Å². The van der Waals surface area contributed by atoms with E-state index in [1.807, 2.05) is 6.92 Å². The maximum atomic E-state index is 12.0. The van der Waals surface area contributed by atoms with Gasteiger partial charge in [0, 0.05) is 18.6 Å². The van der Waals surface area contributed by atoms with Gasteiger partial charge in [-0.25, -0.2) is 0 Å². The number of rotatable bonds is 7. The maximum Gasteiger partial charge on any atom is 0.237 e. The van der Waals surface area contributed by atoms with Gasteiger partial charge < -0.3 is 11.1 Å². The van der Waals surface area contributed by atoms with Gasteiger partial charge in [-0.1, -0.05) is 20.8 Å². The first-order valence-corrected chi connectivity index (χ1v) is 8.13. The van der Waals surface area contributed by atoms with Gasteiger partial charge in [0.2, 0.25) is 5.91 Å². The lowest BCUT2D eigenvalue weighted by Crippen LogP contribution is -2.61. The van der Waals surface area contributed by atoms with Crippen molar-refractivity contribution < 1.29 is 4.79 Å². The minimum atomic E-state index is -0.498. The number of nitrogens with two attached hydrogens (primary N) is 1. The van der Waals surface area contributed by atoms with Gasteiger partial charge in [0.25, 0.3) is 0 Å². The minimum Gasteiger partial charge on any atom is -0.368 e. The zero-order chi connectivity index (χ0) is 15.3. The Morgan fingerprint density at radius 3 is 2.50 bits per heavy atom. The lowest BCUT2D eigenvalue weighted by Gasteiger charge is -2.45. The van der Waals surface area contributed by atoms with E-state index in [-0.39, 0.29) is 5.91 Å². The number of carbonyl (C=O) groups is 1. The van der Waals surface area contributed by atoms with Crippen LogP contribution in [0.5, 0.6) is 0 Å². The van der Waals surface area contributed by atoms with Gasteiger partial charge in [-0.2, -0.15) is 0 Å². The molecule has 0 heterocycles. The largest absolute Gasteiger partial charge is 0.368 e. The van der Waals surface area contributed by atoms with E-state index in [9.17, 15) is 4.79 Å². The second kappa shape index (κ2) is 7.41. The predicted molar refractivity (Wildman–Crippen MR) is 84.5 cm³/mol. The smallest absolute Gasteiger partial charge is 0.237 e. The van der Waals surface area contributed by atoms with Crippen molar-refractivity contribution in [1.82, 2.24) is 10.2 Å². The van der Waals surface area contributed by atoms with Crippen LogP contribution in [0.2, 0.25) is 0 Å². The number of hydrogen-bond acceptors (Lipinski definition) is 3. The second-order valence-electron chi connectivity index (χ2n) is 6.91. The normalized spacial score (nSPS) is 27.5. The van der Waals surface area contributed by atoms with Gasteiger partial charge in [0.1, 0.15) is 0 Å². The van der Waals surface area contributed by atoms with E-state index in [2.05, 4.69) is 37.9 Å². The highest BCUT2D eigenvalue weighted by Gasteiger charge is 2.42. The van der Waals surface area contributed by atoms with E-state index in [0.717, 1.165) is 32.4 Å². The molecule has 1 saturated carbocycles. The predicted octanol–water partition coefficient (Wildman–Crippen LogP) is 2.13. The molecule has 1 amide bonds. The fraction of sp³-hybridized carbons (Fsp3) is 0.938. The van der Waals surface area contributed by atoms with E-state index in [4.69, 9.17) is 5.73 Å². The Bertz CT molecular complexity index is 313. The van der Waals surface area contributed by atoms with Crippen LogP contribution in [0.1, 0.15) is 60.3 Å². The summed E-state index contributed by atoms with van der Waals surface area (Å²) in [6.45, 7) is 12.9. The molecule has 1 fully saturated rings. The highest BCUT2D eigenvalue weighted by atomic mass is 16.1. The maximum absolute atomic E-state index is 12.0. The molecule has 0 spiro atoms. The molecule has 0 aliphatic heterocycles. The van der Waals surface area contributed by atoms with E-state index < -0.39 is 5.54 Å². The molecule has 0 aromatic heterocycles. The Balaban J connectivity index is 2.86. The molecule has 0 radical (unpaired) electrons. The molecule has 1 aliphatic carbocycles. The molecular weight excluding hydrogens is 250 g/mol. The molecular formula is C16H33N3O. The molecule has 1 aliphatic rings. The average molecular weight is 283 g/mol. The van der Waals surface area contributed by atoms with Gasteiger partial charge in [0.15, 0.2) is 0 Å². The zero-order valence-electron chi connectivity index (χ0n) is 13.9. The number of nitrogens with one attached hydrogen (secondary N) is 1. The Morgan fingerprint density at radius 2 is 2.05 bits per heavy atom. The second-order valence-corrected chi connectivity index (χ2v) is 6.91. The number of nitrogens with zero attached hydrogens (tertiary/aromatic N) is 1. The fourth-order valence-electron chi connectivity index (χ4n) is 3.54. The number of primary amides is 1. The van der Waals surface area contributed by atoms with Gasteiger partial charge in [-0.05, 0) is 52.0 Å². The molecule has 0 bridgehead atoms. The summed E-state index contributed by atoms with van der Waals surface area (Å²) >= 11 is 0. The van der Waals surface area contributed by atoms with Crippen molar-refractivity contribution >= 4 is 5.91 Å². The molecule has 3 N–H and O–H groups in total. The summed E-state index contributed by atoms with van der Waals surface area (Å²) in [5, 5.41) is 3.37. The quantitative estimate of drug-likeness (QED) is 0.752. The fourth-order valence-corrected chi connectivity index (χ4v) is 3.54. The van der Waals surface area contributed by atoms with Crippen molar-refractivity contribution in [3.8, 4) is 0 Å². The monoisotopic (exact) mass is 283 g/mol. The van der Waals surface area contributed by atoms with Gasteiger partial charge in [0.05, 0.1) is 5.54 Å². The molecule has 2 unspecified atom stereocenters. The Labute approximate surface area is 124 Å². The Hall–Kier alpha value is -0.610. The lowest BCUT2D eigenvalue weighted by molar-refractivity contribution is -0.127. The van der Waals surface area contributed by atoms with Crippen molar-refractivity contribution in [3.05, 3.63) is 0 Å². The highest BCUT2D eigenvalue weighted by molar-refractivity contribution is 5.84. The molecule has 20 heavy (non-hydrogen) atoms. The Morgan fingerprint density at radius 1 is 1.40 bits per heavy atom. The van der Waals surface area contributed by atoms with Crippen LogP contribution in [-0.4, -0.2) is 41.5 Å². The van der Waals surface area contributed by atoms with Crippen LogP contribution < -0.4 is 11.1 Å². The Kier molecular flexibility index (Phi) is 6.46. The van der Waals surface area contributed by atoms with Gasteiger partial charge in [-0.15, -0.1) is 0 Å². The molecule has 1 rings (SSSR count). The first-order valence-electron chi connectivity index (χ1n) is 8.13. The molecule has 2 atom stereocenters. The minimum absolute atomic E-state index is 0.183. The number of likely N-dealkylation sites (N-methyl/N-ethyl adjacent to an activating group) is 1. The summed E-state index contributed by atoms with van der Waals surface area (Å²) in [7, 11) is 0. The molecule has 0 saturated heterocycles. The topological polar surface area (TPSA) is 58.4 Å². The number of carbonyl (C=O) groups excluding carboxylic acids is 1. The van der Waals surface area contributed by atoms with Crippen LogP contribution in [0.15, 0.2) is 0 Å². The summed E-state index contributed by atoms with van der Waals surface area (Å²) in [4.78, 5) is 14.5. The van der Waals surface area contributed by atoms with Crippen molar-refractivity contribution in [1.29, 1.82) is 0 Å². The van der Waals surface area contributed by atoms with Gasteiger partial charge in [-0.3, -0.25) is 9.69 Å². The van der Waals surface area contributed by atoms with Crippen molar-refractivity contribution in [3.63, 3.8) is 0 Å². The molecule has 0 aromatic carbocycles. The van der Waals surface area contributed by atoms with Crippen LogP contribution in [0.25, 0.3) is 0 Å². The molecule has 4 heteroatoms. The van der Waals surface area contributed by atoms with Crippen molar-refractivity contribution in [2.45, 2.75) is 77.9 Å².